The van der Waals surface area contributed by atoms with Gasteiger partial charge in [0, 0.05) is 0 Å². The molecule has 4 atom stereocenters. The van der Waals surface area contributed by atoms with Crippen molar-refractivity contribution in [1.29, 1.82) is 0 Å². The van der Waals surface area contributed by atoms with Crippen LogP contribution < -0.4 is 9.47 Å². The molecule has 0 saturated carbocycles. The largest absolute Gasteiger partial charge is 0.487 e. The van der Waals surface area contributed by atoms with Crippen LogP contribution in [0.1, 0.15) is 29.5 Å². The first kappa shape index (κ1) is 42.3. The van der Waals surface area contributed by atoms with E-state index >= 15 is 0 Å². The summed E-state index contributed by atoms with van der Waals surface area (Å²) in [6.07, 6.45) is -0.737. The molecular weight excluding hydrogens is 675 g/mol. The van der Waals surface area contributed by atoms with Gasteiger partial charge >= 0.3 is 0 Å². The molecule has 0 unspecified atom stereocenters. The van der Waals surface area contributed by atoms with Gasteiger partial charge in [0.25, 0.3) is 10.1 Å². The van der Waals surface area contributed by atoms with E-state index in [-0.39, 0.29) is 77.1 Å². The van der Waals surface area contributed by atoms with E-state index in [1.54, 1.807) is 18.2 Å². The van der Waals surface area contributed by atoms with Gasteiger partial charge in [0.05, 0.1) is 18.1 Å². The number of aryl methyl sites for hydroxylation is 3. The normalized spacial score (nSPS) is 17.8. The molecule has 0 spiro atoms. The first-order chi connectivity index (χ1) is 19.1. The fourth-order valence-corrected chi connectivity index (χ4v) is 5.38. The van der Waals surface area contributed by atoms with Gasteiger partial charge in [-0.15, -0.1) is 0 Å². The minimum atomic E-state index is -3.94. The summed E-state index contributed by atoms with van der Waals surface area (Å²) >= 11 is 0. The highest BCUT2D eigenvalue weighted by Gasteiger charge is 2.29. The van der Waals surface area contributed by atoms with Crippen LogP contribution >= 0.6 is 54.0 Å². The molecule has 0 aliphatic carbocycles. The number of benzene rings is 3. The summed E-state index contributed by atoms with van der Waals surface area (Å²) in [4.78, 5) is 0.0377. The Labute approximate surface area is 284 Å². The molecule has 0 amide bonds. The Morgan fingerprint density at radius 2 is 1.25 bits per heavy atom. The lowest BCUT2D eigenvalue weighted by Gasteiger charge is -2.29. The fraction of sp³-hybridized carbons (Fsp3) is 0.379. The topological polar surface area (TPSA) is 123 Å². The minimum absolute atomic E-state index is 0. The lowest BCUT2D eigenvalue weighted by atomic mass is 9.99. The predicted octanol–water partition coefficient (Wildman–Crippen LogP) is 3.92. The molecule has 248 valence electrons. The highest BCUT2D eigenvalue weighted by atomic mass is 32.2. The molecule has 3 aromatic carbocycles. The summed E-state index contributed by atoms with van der Waals surface area (Å²) in [5.41, 5.74) is 2.48. The molecular formula is C29H40F2O8S5. The van der Waals surface area contributed by atoms with Gasteiger partial charge in [-0.25, -0.2) is 8.78 Å². The van der Waals surface area contributed by atoms with Crippen molar-refractivity contribution in [3.8, 4) is 11.5 Å². The molecule has 3 N–H and O–H groups in total. The molecule has 8 nitrogen and oxygen atoms in total. The number of halogens is 2. The number of fused-ring (bicyclic) bond motifs is 2. The van der Waals surface area contributed by atoms with Crippen LogP contribution in [0.15, 0.2) is 65.6 Å². The third-order valence-electron chi connectivity index (χ3n) is 6.75. The van der Waals surface area contributed by atoms with Crippen molar-refractivity contribution >= 4 is 64.1 Å². The third-order valence-corrected chi connectivity index (χ3v) is 8.04. The number of ether oxygens (including phenoxy) is 2. The molecule has 0 fully saturated rings. The van der Waals surface area contributed by atoms with Gasteiger partial charge in [0.15, 0.2) is 0 Å². The van der Waals surface area contributed by atoms with Gasteiger partial charge in [0.1, 0.15) is 47.5 Å². The van der Waals surface area contributed by atoms with E-state index in [9.17, 15) is 27.4 Å². The molecule has 15 heteroatoms. The number of hydrogen-bond acceptors (Lipinski definition) is 8. The van der Waals surface area contributed by atoms with Crippen molar-refractivity contribution in [3.05, 3.63) is 89.0 Å². The molecule has 2 heterocycles. The summed E-state index contributed by atoms with van der Waals surface area (Å²) in [5.74, 6) is 0.477. The fourth-order valence-electron chi connectivity index (χ4n) is 4.46. The Hall–Kier alpha value is -1.69. The zero-order valence-corrected chi connectivity index (χ0v) is 28.7. The third kappa shape index (κ3) is 11.3. The van der Waals surface area contributed by atoms with Crippen LogP contribution in [0.5, 0.6) is 11.5 Å². The molecule has 0 aromatic heterocycles. The average Bonchev–Trinajstić information content (AvgIpc) is 2.95. The lowest BCUT2D eigenvalue weighted by Crippen LogP contribution is -2.38. The molecule has 44 heavy (non-hydrogen) atoms. The van der Waals surface area contributed by atoms with E-state index in [2.05, 4.69) is 0 Å². The lowest BCUT2D eigenvalue weighted by molar-refractivity contribution is -0.00965. The zero-order chi connectivity index (χ0) is 28.9. The first-order valence-corrected chi connectivity index (χ1v) is 14.3. The van der Waals surface area contributed by atoms with E-state index in [0.717, 1.165) is 16.7 Å². The number of hydrogen-bond donors (Lipinski definition) is 3. The van der Waals surface area contributed by atoms with Crippen molar-refractivity contribution < 1.29 is 46.2 Å². The van der Waals surface area contributed by atoms with E-state index in [4.69, 9.17) is 18.8 Å². The quantitative estimate of drug-likeness (QED) is 0.315. The molecule has 2 aliphatic rings. The number of aliphatic hydroxyl groups is 3. The number of aliphatic hydroxyl groups excluding tert-OH is 3. The SMILES string of the molecule is Cc1ccc(S(=O)(=O)OC[C@H](O)[C@@H]2CCc3cc(F)ccc3O2)cc1.OC[C@H](O)[C@@H]1CCc2cc(F)ccc2O1.S.S.S.S. The van der Waals surface area contributed by atoms with Crippen molar-refractivity contribution in [2.45, 2.75) is 61.9 Å². The van der Waals surface area contributed by atoms with Crippen LogP contribution in [0.2, 0.25) is 0 Å². The second kappa shape index (κ2) is 19.1. The molecule has 0 saturated heterocycles. The van der Waals surface area contributed by atoms with Crippen LogP contribution in [-0.2, 0) is 27.1 Å². The van der Waals surface area contributed by atoms with Gasteiger partial charge in [-0.05, 0) is 92.3 Å². The van der Waals surface area contributed by atoms with Crippen LogP contribution in [0.4, 0.5) is 8.78 Å². The molecule has 0 radical (unpaired) electrons. The van der Waals surface area contributed by atoms with Crippen molar-refractivity contribution in [2.24, 2.45) is 0 Å². The average molecular weight is 715 g/mol. The van der Waals surface area contributed by atoms with Crippen molar-refractivity contribution in [2.75, 3.05) is 13.2 Å². The van der Waals surface area contributed by atoms with Crippen LogP contribution in [0, 0.1) is 18.6 Å². The molecule has 2 aliphatic heterocycles. The summed E-state index contributed by atoms with van der Waals surface area (Å²) in [6.45, 7) is 1.13. The highest BCUT2D eigenvalue weighted by molar-refractivity contribution is 7.86. The van der Waals surface area contributed by atoms with E-state index in [1.165, 1.54) is 42.5 Å². The Bertz CT molecular complexity index is 1410. The van der Waals surface area contributed by atoms with Crippen LogP contribution in [0.25, 0.3) is 0 Å². The maximum absolute atomic E-state index is 13.2. The Morgan fingerprint density at radius 3 is 1.70 bits per heavy atom. The van der Waals surface area contributed by atoms with Gasteiger partial charge < -0.3 is 24.8 Å². The molecule has 3 aromatic rings. The van der Waals surface area contributed by atoms with E-state index < -0.39 is 41.1 Å². The van der Waals surface area contributed by atoms with Crippen LogP contribution in [-0.4, -0.2) is 61.4 Å². The second-order valence-electron chi connectivity index (χ2n) is 9.76. The summed E-state index contributed by atoms with van der Waals surface area (Å²) in [7, 11) is -3.94. The highest BCUT2D eigenvalue weighted by Crippen LogP contribution is 2.30. The smallest absolute Gasteiger partial charge is 0.297 e. The van der Waals surface area contributed by atoms with Gasteiger partial charge in [-0.1, -0.05) is 17.7 Å². The zero-order valence-electron chi connectivity index (χ0n) is 23.9. The van der Waals surface area contributed by atoms with Crippen molar-refractivity contribution in [3.63, 3.8) is 0 Å². The molecule has 0 bridgehead atoms. The number of rotatable bonds is 7. The van der Waals surface area contributed by atoms with Gasteiger partial charge in [-0.3, -0.25) is 4.18 Å². The summed E-state index contributed by atoms with van der Waals surface area (Å²) < 4.78 is 66.4. The Kier molecular flexibility index (Phi) is 18.3. The summed E-state index contributed by atoms with van der Waals surface area (Å²) in [6, 6.07) is 14.8. The minimum Gasteiger partial charge on any atom is -0.487 e. The monoisotopic (exact) mass is 714 g/mol. The Balaban J connectivity index is 0.000000848. The van der Waals surface area contributed by atoms with E-state index in [0.29, 0.717) is 37.2 Å². The van der Waals surface area contributed by atoms with Gasteiger partial charge in [-0.2, -0.15) is 62.4 Å². The standard InChI is InChI=1S/C18H19FO5S.C11H13FO3.4H2S/c1-12-2-6-15(7-3-12)25(21,22)23-11-16(20)18-8-4-13-10-14(19)5-9-17(13)24-18;12-8-2-4-10-7(5-8)1-3-11(15-10)9(14)6-13;;;;/h2-3,5-7,9-10,16,18,20H,4,8,11H2,1H3;2,4-5,9,11,13-14H,1,3,6H2;4*1H2/t16-,18-;9-,11-;;;;/m00..../s1. The van der Waals surface area contributed by atoms with Gasteiger partial charge in [0.2, 0.25) is 0 Å². The van der Waals surface area contributed by atoms with Crippen LogP contribution in [0.3, 0.4) is 0 Å². The molecule has 5 rings (SSSR count). The first-order valence-electron chi connectivity index (χ1n) is 12.9. The summed E-state index contributed by atoms with van der Waals surface area (Å²) in [5, 5.41) is 28.4. The maximum Gasteiger partial charge on any atom is 0.297 e. The second-order valence-corrected chi connectivity index (χ2v) is 11.4. The van der Waals surface area contributed by atoms with Crippen molar-refractivity contribution in [1.82, 2.24) is 0 Å². The van der Waals surface area contributed by atoms with E-state index in [1.807, 2.05) is 6.92 Å². The Morgan fingerprint density at radius 1 is 0.795 bits per heavy atom. The maximum atomic E-state index is 13.2. The predicted molar refractivity (Wildman–Crippen MR) is 183 cm³/mol.